The standard InChI is InChI=1S/C13H12N6O2/c1-18-10-9(11(20)19(2)13(18)21)15-12(17-16-10)14-8-6-4-3-5-7-8/h3-7H,1-2H3,(H,14,15,17). The van der Waals surface area contributed by atoms with Crippen molar-refractivity contribution in [1.29, 1.82) is 0 Å². The first-order chi connectivity index (χ1) is 10.1. The Bertz CT molecular complexity index is 929. The van der Waals surface area contributed by atoms with Crippen LogP contribution in [-0.4, -0.2) is 24.3 Å². The molecule has 0 unspecified atom stereocenters. The Morgan fingerprint density at radius 3 is 2.43 bits per heavy atom. The lowest BCUT2D eigenvalue weighted by Gasteiger charge is -2.07. The van der Waals surface area contributed by atoms with Crippen LogP contribution in [0.5, 0.6) is 0 Å². The molecule has 0 bridgehead atoms. The molecule has 0 fully saturated rings. The lowest BCUT2D eigenvalue weighted by atomic mass is 10.3. The Labute approximate surface area is 118 Å². The van der Waals surface area contributed by atoms with Gasteiger partial charge in [-0.1, -0.05) is 18.2 Å². The average molecular weight is 284 g/mol. The van der Waals surface area contributed by atoms with E-state index in [9.17, 15) is 9.59 Å². The van der Waals surface area contributed by atoms with E-state index in [-0.39, 0.29) is 17.1 Å². The van der Waals surface area contributed by atoms with Crippen molar-refractivity contribution in [1.82, 2.24) is 24.3 Å². The van der Waals surface area contributed by atoms with Crippen molar-refractivity contribution in [3.63, 3.8) is 0 Å². The molecule has 1 N–H and O–H groups in total. The summed E-state index contributed by atoms with van der Waals surface area (Å²) in [6.45, 7) is 0. The summed E-state index contributed by atoms with van der Waals surface area (Å²) in [6.07, 6.45) is 0. The molecule has 0 saturated carbocycles. The molecule has 106 valence electrons. The molecule has 0 aliphatic carbocycles. The van der Waals surface area contributed by atoms with Gasteiger partial charge in [0.25, 0.3) is 5.56 Å². The lowest BCUT2D eigenvalue weighted by Crippen LogP contribution is -2.38. The van der Waals surface area contributed by atoms with Crippen LogP contribution in [0.1, 0.15) is 0 Å². The van der Waals surface area contributed by atoms with E-state index in [1.807, 2.05) is 30.3 Å². The second-order valence-electron chi connectivity index (χ2n) is 4.50. The molecule has 3 rings (SSSR count). The normalized spacial score (nSPS) is 10.8. The van der Waals surface area contributed by atoms with Crippen LogP contribution in [-0.2, 0) is 14.1 Å². The molecule has 8 nitrogen and oxygen atoms in total. The highest BCUT2D eigenvalue weighted by Gasteiger charge is 2.12. The van der Waals surface area contributed by atoms with Crippen LogP contribution >= 0.6 is 0 Å². The molecule has 0 aliphatic heterocycles. The second-order valence-corrected chi connectivity index (χ2v) is 4.50. The molecule has 21 heavy (non-hydrogen) atoms. The molecule has 2 aromatic heterocycles. The zero-order valence-electron chi connectivity index (χ0n) is 11.4. The van der Waals surface area contributed by atoms with Crippen LogP contribution in [0.4, 0.5) is 11.6 Å². The molecule has 0 spiro atoms. The average Bonchev–Trinajstić information content (AvgIpc) is 2.52. The van der Waals surface area contributed by atoms with Gasteiger partial charge in [-0.15, -0.1) is 10.2 Å². The summed E-state index contributed by atoms with van der Waals surface area (Å²) in [5.74, 6) is 0.199. The molecule has 0 amide bonds. The maximum Gasteiger partial charge on any atom is 0.332 e. The van der Waals surface area contributed by atoms with Gasteiger partial charge in [-0.05, 0) is 12.1 Å². The third kappa shape index (κ3) is 2.16. The fourth-order valence-corrected chi connectivity index (χ4v) is 1.95. The van der Waals surface area contributed by atoms with Gasteiger partial charge in [-0.2, -0.15) is 0 Å². The maximum absolute atomic E-state index is 12.1. The smallest absolute Gasteiger partial charge is 0.323 e. The summed E-state index contributed by atoms with van der Waals surface area (Å²) in [6, 6.07) is 9.29. The molecular formula is C13H12N6O2. The number of aryl methyl sites for hydroxylation is 1. The van der Waals surface area contributed by atoms with Crippen LogP contribution < -0.4 is 16.6 Å². The fourth-order valence-electron chi connectivity index (χ4n) is 1.95. The van der Waals surface area contributed by atoms with E-state index in [0.29, 0.717) is 0 Å². The maximum atomic E-state index is 12.1. The molecule has 0 atom stereocenters. The first kappa shape index (κ1) is 13.0. The molecule has 8 heteroatoms. The van der Waals surface area contributed by atoms with Crippen LogP contribution in [0.3, 0.4) is 0 Å². The van der Waals surface area contributed by atoms with Gasteiger partial charge in [0.05, 0.1) is 0 Å². The number of para-hydroxylation sites is 1. The predicted molar refractivity (Wildman–Crippen MR) is 77.5 cm³/mol. The molecule has 2 heterocycles. The van der Waals surface area contributed by atoms with E-state index in [4.69, 9.17) is 0 Å². The summed E-state index contributed by atoms with van der Waals surface area (Å²) in [4.78, 5) is 28.0. The topological polar surface area (TPSA) is 94.7 Å². The summed E-state index contributed by atoms with van der Waals surface area (Å²) >= 11 is 0. The number of nitrogens with zero attached hydrogens (tertiary/aromatic N) is 5. The minimum absolute atomic E-state index is 0.0908. The van der Waals surface area contributed by atoms with E-state index in [2.05, 4.69) is 20.5 Å². The third-order valence-corrected chi connectivity index (χ3v) is 3.10. The van der Waals surface area contributed by atoms with E-state index < -0.39 is 11.2 Å². The summed E-state index contributed by atoms with van der Waals surface area (Å²) in [5.41, 5.74) is 0.0570. The van der Waals surface area contributed by atoms with Gasteiger partial charge in [0.15, 0.2) is 11.2 Å². The summed E-state index contributed by atoms with van der Waals surface area (Å²) in [7, 11) is 2.92. The zero-order valence-corrected chi connectivity index (χ0v) is 11.4. The number of anilines is 2. The number of rotatable bonds is 2. The van der Waals surface area contributed by atoms with E-state index in [0.717, 1.165) is 10.3 Å². The largest absolute Gasteiger partial charge is 0.332 e. The molecule has 1 aromatic carbocycles. The van der Waals surface area contributed by atoms with Gasteiger partial charge in [0.1, 0.15) is 0 Å². The fraction of sp³-hybridized carbons (Fsp3) is 0.154. The minimum Gasteiger partial charge on any atom is -0.323 e. The predicted octanol–water partition coefficient (Wildman–Crippen LogP) is 0.166. The number of benzene rings is 1. The lowest BCUT2D eigenvalue weighted by molar-refractivity contribution is 0.698. The van der Waals surface area contributed by atoms with Gasteiger partial charge in [-0.25, -0.2) is 9.78 Å². The summed E-state index contributed by atoms with van der Waals surface area (Å²) < 4.78 is 2.23. The SMILES string of the molecule is Cn1c(=O)c2nc(Nc3ccccc3)nnc2n(C)c1=O. The highest BCUT2D eigenvalue weighted by atomic mass is 16.2. The number of hydrogen-bond acceptors (Lipinski definition) is 6. The van der Waals surface area contributed by atoms with Crippen molar-refractivity contribution in [2.75, 3.05) is 5.32 Å². The quantitative estimate of drug-likeness (QED) is 0.720. The highest BCUT2D eigenvalue weighted by Crippen LogP contribution is 2.11. The Balaban J connectivity index is 2.17. The summed E-state index contributed by atoms with van der Waals surface area (Å²) in [5, 5.41) is 10.8. The number of hydrogen-bond donors (Lipinski definition) is 1. The second kappa shape index (κ2) is 4.82. The Morgan fingerprint density at radius 2 is 1.71 bits per heavy atom. The molecule has 0 radical (unpaired) electrons. The third-order valence-electron chi connectivity index (χ3n) is 3.10. The molecule has 0 aliphatic rings. The van der Waals surface area contributed by atoms with Crippen molar-refractivity contribution < 1.29 is 0 Å². The zero-order chi connectivity index (χ0) is 15.0. The van der Waals surface area contributed by atoms with E-state index in [1.165, 1.54) is 18.7 Å². The van der Waals surface area contributed by atoms with Gasteiger partial charge < -0.3 is 5.32 Å². The monoisotopic (exact) mass is 284 g/mol. The highest BCUT2D eigenvalue weighted by molar-refractivity contribution is 5.70. The van der Waals surface area contributed by atoms with Crippen molar-refractivity contribution in [2.24, 2.45) is 14.1 Å². The molecule has 0 saturated heterocycles. The molecule has 3 aromatic rings. The van der Waals surface area contributed by atoms with E-state index >= 15 is 0 Å². The van der Waals surface area contributed by atoms with Crippen molar-refractivity contribution >= 4 is 22.8 Å². The number of nitrogens with one attached hydrogen (secondary N) is 1. The van der Waals surface area contributed by atoms with Crippen molar-refractivity contribution in [3.8, 4) is 0 Å². The van der Waals surface area contributed by atoms with Crippen molar-refractivity contribution in [3.05, 3.63) is 51.2 Å². The van der Waals surface area contributed by atoms with Gasteiger partial charge in [0.2, 0.25) is 5.95 Å². The van der Waals surface area contributed by atoms with Crippen LogP contribution in [0.2, 0.25) is 0 Å². The van der Waals surface area contributed by atoms with Gasteiger partial charge in [-0.3, -0.25) is 13.9 Å². The number of aromatic nitrogens is 5. The minimum atomic E-state index is -0.501. The van der Waals surface area contributed by atoms with Crippen LogP contribution in [0, 0.1) is 0 Å². The van der Waals surface area contributed by atoms with Gasteiger partial charge >= 0.3 is 5.69 Å². The number of fused-ring (bicyclic) bond motifs is 1. The Kier molecular flexibility index (Phi) is 2.98. The van der Waals surface area contributed by atoms with Crippen LogP contribution in [0.25, 0.3) is 11.2 Å². The van der Waals surface area contributed by atoms with Gasteiger partial charge in [0, 0.05) is 19.8 Å². The van der Waals surface area contributed by atoms with Crippen LogP contribution in [0.15, 0.2) is 39.9 Å². The Morgan fingerprint density at radius 1 is 1.00 bits per heavy atom. The Hall–Kier alpha value is -3.03. The first-order valence-corrected chi connectivity index (χ1v) is 6.20. The van der Waals surface area contributed by atoms with E-state index in [1.54, 1.807) is 0 Å². The molecular weight excluding hydrogens is 272 g/mol. The first-order valence-electron chi connectivity index (χ1n) is 6.20. The van der Waals surface area contributed by atoms with Crippen molar-refractivity contribution in [2.45, 2.75) is 0 Å².